The lowest BCUT2D eigenvalue weighted by Crippen LogP contribution is -2.25. The van der Waals surface area contributed by atoms with Gasteiger partial charge in [-0.2, -0.15) is 0 Å². The predicted octanol–water partition coefficient (Wildman–Crippen LogP) is 4.21. The van der Waals surface area contributed by atoms with Crippen molar-refractivity contribution in [1.82, 2.24) is 5.32 Å². The lowest BCUT2D eigenvalue weighted by molar-refractivity contribution is -0.121. The summed E-state index contributed by atoms with van der Waals surface area (Å²) >= 11 is 0. The third-order valence-corrected chi connectivity index (χ3v) is 3.72. The smallest absolute Gasteiger partial charge is 0.220 e. The number of carbonyl (C=O) groups excluding carboxylic acids is 1. The van der Waals surface area contributed by atoms with Crippen molar-refractivity contribution in [1.29, 1.82) is 0 Å². The van der Waals surface area contributed by atoms with Crippen LogP contribution in [0.15, 0.2) is 48.6 Å². The van der Waals surface area contributed by atoms with E-state index in [1.165, 1.54) is 0 Å². The van der Waals surface area contributed by atoms with E-state index >= 15 is 0 Å². The second kappa shape index (κ2) is 21.4. The minimum Gasteiger partial charge on any atom is -0.396 e. The quantitative estimate of drug-likeness (QED) is 0.268. The molecule has 0 aliphatic carbocycles. The molecular formula is C22H37NO3. The van der Waals surface area contributed by atoms with Gasteiger partial charge in [0, 0.05) is 19.6 Å². The van der Waals surface area contributed by atoms with Crippen molar-refractivity contribution < 1.29 is 15.0 Å². The number of aliphatic hydroxyl groups excluding tert-OH is 2. The highest BCUT2D eigenvalue weighted by Crippen LogP contribution is 2.01. The van der Waals surface area contributed by atoms with Crippen molar-refractivity contribution in [3.8, 4) is 0 Å². The first kappa shape index (κ1) is 24.4. The average molecular weight is 364 g/mol. The molecule has 0 unspecified atom stereocenters. The second-order valence-electron chi connectivity index (χ2n) is 6.13. The summed E-state index contributed by atoms with van der Waals surface area (Å²) in [7, 11) is 0. The Morgan fingerprint density at radius 1 is 0.654 bits per heavy atom. The number of rotatable bonds is 17. The fourth-order valence-corrected chi connectivity index (χ4v) is 2.26. The first-order chi connectivity index (χ1) is 12.8. The van der Waals surface area contributed by atoms with E-state index in [2.05, 4.69) is 53.9 Å². The van der Waals surface area contributed by atoms with Crippen LogP contribution in [0.25, 0.3) is 0 Å². The average Bonchev–Trinajstić information content (AvgIpc) is 2.65. The Morgan fingerprint density at radius 3 is 1.73 bits per heavy atom. The van der Waals surface area contributed by atoms with Crippen molar-refractivity contribution >= 4 is 5.91 Å². The highest BCUT2D eigenvalue weighted by molar-refractivity contribution is 5.75. The molecule has 0 radical (unpaired) electrons. The first-order valence-electron chi connectivity index (χ1n) is 9.89. The van der Waals surface area contributed by atoms with Crippen LogP contribution < -0.4 is 5.32 Å². The van der Waals surface area contributed by atoms with E-state index in [9.17, 15) is 4.79 Å². The first-order valence-corrected chi connectivity index (χ1v) is 9.89. The monoisotopic (exact) mass is 363 g/mol. The van der Waals surface area contributed by atoms with E-state index in [4.69, 9.17) is 10.2 Å². The van der Waals surface area contributed by atoms with Gasteiger partial charge in [0.25, 0.3) is 0 Å². The lowest BCUT2D eigenvalue weighted by Gasteiger charge is -2.00. The number of amides is 1. The number of unbranched alkanes of at least 4 members (excludes halogenated alkanes) is 4. The molecule has 0 saturated carbocycles. The summed E-state index contributed by atoms with van der Waals surface area (Å²) in [5.74, 6) is 0.00988. The molecule has 0 aliphatic rings. The SMILES string of the molecule is O=C(CCC/C=C\C/C=C\C/C=C\C/C=C\CCCCCO)NCCO. The number of carbonyl (C=O) groups is 1. The molecule has 0 heterocycles. The van der Waals surface area contributed by atoms with Gasteiger partial charge in [0.15, 0.2) is 0 Å². The van der Waals surface area contributed by atoms with Crippen molar-refractivity contribution in [2.75, 3.05) is 19.8 Å². The minimum absolute atomic E-state index is 0.00398. The summed E-state index contributed by atoms with van der Waals surface area (Å²) in [5.41, 5.74) is 0. The van der Waals surface area contributed by atoms with Crippen molar-refractivity contribution in [2.45, 2.75) is 64.2 Å². The molecule has 0 aliphatic heterocycles. The molecule has 0 atom stereocenters. The van der Waals surface area contributed by atoms with E-state index in [1.54, 1.807) is 0 Å². The molecule has 0 spiro atoms. The van der Waals surface area contributed by atoms with Crippen LogP contribution in [0.3, 0.4) is 0 Å². The number of aliphatic hydroxyl groups is 2. The molecule has 1 amide bonds. The molecule has 0 aromatic rings. The number of allylic oxidation sites excluding steroid dienone is 8. The maximum absolute atomic E-state index is 11.3. The summed E-state index contributed by atoms with van der Waals surface area (Å²) < 4.78 is 0. The minimum atomic E-state index is -0.00398. The zero-order valence-electron chi connectivity index (χ0n) is 16.1. The van der Waals surface area contributed by atoms with Crippen LogP contribution in [-0.2, 0) is 4.79 Å². The van der Waals surface area contributed by atoms with Crippen LogP contribution in [-0.4, -0.2) is 35.9 Å². The van der Waals surface area contributed by atoms with E-state index in [0.717, 1.165) is 57.8 Å². The Kier molecular flexibility index (Phi) is 20.0. The molecule has 0 aromatic heterocycles. The number of nitrogens with one attached hydrogen (secondary N) is 1. The van der Waals surface area contributed by atoms with Crippen LogP contribution in [0.5, 0.6) is 0 Å². The Labute approximate surface area is 159 Å². The molecule has 26 heavy (non-hydrogen) atoms. The van der Waals surface area contributed by atoms with Crippen LogP contribution >= 0.6 is 0 Å². The lowest BCUT2D eigenvalue weighted by atomic mass is 10.2. The van der Waals surface area contributed by atoms with Gasteiger partial charge >= 0.3 is 0 Å². The van der Waals surface area contributed by atoms with Crippen molar-refractivity contribution in [2.24, 2.45) is 0 Å². The molecule has 0 aromatic carbocycles. The van der Waals surface area contributed by atoms with Gasteiger partial charge in [-0.05, 0) is 51.4 Å². The van der Waals surface area contributed by atoms with E-state index in [-0.39, 0.29) is 12.5 Å². The van der Waals surface area contributed by atoms with Gasteiger partial charge in [-0.3, -0.25) is 4.79 Å². The summed E-state index contributed by atoms with van der Waals surface area (Å²) in [5, 5.41) is 19.9. The maximum Gasteiger partial charge on any atom is 0.220 e. The molecule has 0 bridgehead atoms. The van der Waals surface area contributed by atoms with Crippen LogP contribution in [0.2, 0.25) is 0 Å². The van der Waals surface area contributed by atoms with Crippen LogP contribution in [0.1, 0.15) is 64.2 Å². The molecular weight excluding hydrogens is 326 g/mol. The van der Waals surface area contributed by atoms with Gasteiger partial charge in [0.1, 0.15) is 0 Å². The predicted molar refractivity (Wildman–Crippen MR) is 110 cm³/mol. The molecule has 4 heteroatoms. The molecule has 4 nitrogen and oxygen atoms in total. The van der Waals surface area contributed by atoms with Crippen molar-refractivity contribution in [3.63, 3.8) is 0 Å². The third kappa shape index (κ3) is 20.4. The standard InChI is InChI=1S/C22H37NO3/c24-20-17-15-13-11-9-7-5-3-1-2-4-6-8-10-12-14-16-18-22(26)23-19-21-25/h1,3-4,6-7,9-10,12,24-25H,2,5,8,11,13-21H2,(H,23,26)/b3-1-,6-4-,9-7-,12-10-. The maximum atomic E-state index is 11.3. The van der Waals surface area contributed by atoms with Gasteiger partial charge in [-0.15, -0.1) is 0 Å². The Balaban J connectivity index is 3.44. The fraction of sp³-hybridized carbons (Fsp3) is 0.591. The summed E-state index contributed by atoms with van der Waals surface area (Å²) in [6.45, 7) is 0.645. The summed E-state index contributed by atoms with van der Waals surface area (Å²) in [6, 6.07) is 0. The molecule has 0 saturated heterocycles. The van der Waals surface area contributed by atoms with Crippen LogP contribution in [0, 0.1) is 0 Å². The fourth-order valence-electron chi connectivity index (χ4n) is 2.26. The van der Waals surface area contributed by atoms with E-state index in [0.29, 0.717) is 19.6 Å². The second-order valence-corrected chi connectivity index (χ2v) is 6.13. The zero-order valence-corrected chi connectivity index (χ0v) is 16.1. The molecule has 3 N–H and O–H groups in total. The van der Waals surface area contributed by atoms with E-state index < -0.39 is 0 Å². The number of hydrogen-bond acceptors (Lipinski definition) is 3. The topological polar surface area (TPSA) is 69.6 Å². The van der Waals surface area contributed by atoms with Gasteiger partial charge in [0.05, 0.1) is 6.61 Å². The van der Waals surface area contributed by atoms with Crippen LogP contribution in [0.4, 0.5) is 0 Å². The normalized spacial score (nSPS) is 12.2. The largest absolute Gasteiger partial charge is 0.396 e. The Bertz CT molecular complexity index is 425. The molecule has 0 fully saturated rings. The van der Waals surface area contributed by atoms with Gasteiger partial charge in [0.2, 0.25) is 5.91 Å². The molecule has 148 valence electrons. The van der Waals surface area contributed by atoms with Gasteiger partial charge in [-0.1, -0.05) is 55.0 Å². The number of hydrogen-bond donors (Lipinski definition) is 3. The van der Waals surface area contributed by atoms with Crippen molar-refractivity contribution in [3.05, 3.63) is 48.6 Å². The molecule has 0 rings (SSSR count). The van der Waals surface area contributed by atoms with Gasteiger partial charge < -0.3 is 15.5 Å². The Hall–Kier alpha value is -1.65. The third-order valence-electron chi connectivity index (χ3n) is 3.72. The van der Waals surface area contributed by atoms with E-state index in [1.807, 2.05) is 0 Å². The van der Waals surface area contributed by atoms with Gasteiger partial charge in [-0.25, -0.2) is 0 Å². The highest BCUT2D eigenvalue weighted by atomic mass is 16.3. The summed E-state index contributed by atoms with van der Waals surface area (Å²) in [6.07, 6.45) is 26.8. The summed E-state index contributed by atoms with van der Waals surface area (Å²) in [4.78, 5) is 11.3. The highest BCUT2D eigenvalue weighted by Gasteiger charge is 1.97. The zero-order chi connectivity index (χ0) is 19.1. The Morgan fingerprint density at radius 2 is 1.19 bits per heavy atom.